The zero-order chi connectivity index (χ0) is 13.8. The molecule has 0 spiro atoms. The van der Waals surface area contributed by atoms with Crippen LogP contribution in [0.4, 0.5) is 0 Å². The monoisotopic (exact) mass is 268 g/mol. The lowest BCUT2D eigenvalue weighted by Gasteiger charge is -2.35. The third-order valence-corrected chi connectivity index (χ3v) is 3.61. The van der Waals surface area contributed by atoms with Crippen LogP contribution < -0.4 is 10.6 Å². The molecule has 1 atom stereocenters. The summed E-state index contributed by atoms with van der Waals surface area (Å²) in [5.74, 6) is -0.293. The summed E-state index contributed by atoms with van der Waals surface area (Å²) in [4.78, 5) is 38.7. The largest absolute Gasteiger partial charge is 0.357 e. The zero-order valence-electron chi connectivity index (χ0n) is 11.1. The van der Waals surface area contributed by atoms with Crippen molar-refractivity contribution in [1.29, 1.82) is 0 Å². The maximum atomic E-state index is 12.3. The lowest BCUT2D eigenvalue weighted by atomic mass is 10.1. The predicted molar refractivity (Wildman–Crippen MR) is 68.3 cm³/mol. The van der Waals surface area contributed by atoms with Gasteiger partial charge >= 0.3 is 0 Å². The van der Waals surface area contributed by atoms with Gasteiger partial charge in [-0.15, -0.1) is 0 Å². The SMILES string of the molecule is CNC(=O)C1CNCCN1C(=O)CN1CCCC1=O. The Bertz CT molecular complexity index is 385. The average Bonchev–Trinajstić information content (AvgIpc) is 2.83. The second-order valence-electron chi connectivity index (χ2n) is 4.84. The first-order chi connectivity index (χ1) is 9.13. The average molecular weight is 268 g/mol. The number of carbonyl (C=O) groups is 3. The molecule has 2 saturated heterocycles. The van der Waals surface area contributed by atoms with Gasteiger partial charge in [0.1, 0.15) is 6.04 Å². The van der Waals surface area contributed by atoms with E-state index in [2.05, 4.69) is 10.6 Å². The van der Waals surface area contributed by atoms with E-state index in [4.69, 9.17) is 0 Å². The fraction of sp³-hybridized carbons (Fsp3) is 0.750. The van der Waals surface area contributed by atoms with Crippen molar-refractivity contribution in [3.8, 4) is 0 Å². The number of piperazine rings is 1. The van der Waals surface area contributed by atoms with E-state index < -0.39 is 6.04 Å². The molecule has 106 valence electrons. The highest BCUT2D eigenvalue weighted by molar-refractivity contribution is 5.90. The van der Waals surface area contributed by atoms with Crippen molar-refractivity contribution in [1.82, 2.24) is 20.4 Å². The van der Waals surface area contributed by atoms with E-state index in [1.807, 2.05) is 0 Å². The molecule has 3 amide bonds. The minimum atomic E-state index is -0.482. The van der Waals surface area contributed by atoms with E-state index in [0.717, 1.165) is 6.42 Å². The van der Waals surface area contributed by atoms with Gasteiger partial charge in [-0.25, -0.2) is 0 Å². The Morgan fingerprint density at radius 2 is 2.21 bits per heavy atom. The Kier molecular flexibility index (Phi) is 4.36. The summed E-state index contributed by atoms with van der Waals surface area (Å²) in [6.45, 7) is 2.36. The molecule has 2 aliphatic rings. The molecule has 0 aromatic carbocycles. The van der Waals surface area contributed by atoms with Crippen LogP contribution in [0.2, 0.25) is 0 Å². The molecule has 19 heavy (non-hydrogen) atoms. The van der Waals surface area contributed by atoms with Crippen LogP contribution in [-0.4, -0.2) is 73.3 Å². The summed E-state index contributed by atoms with van der Waals surface area (Å²) in [5.41, 5.74) is 0. The lowest BCUT2D eigenvalue weighted by molar-refractivity contribution is -0.144. The van der Waals surface area contributed by atoms with Crippen LogP contribution in [0.25, 0.3) is 0 Å². The summed E-state index contributed by atoms with van der Waals surface area (Å²) < 4.78 is 0. The van der Waals surface area contributed by atoms with Gasteiger partial charge in [-0.1, -0.05) is 0 Å². The van der Waals surface area contributed by atoms with Crippen LogP contribution in [-0.2, 0) is 14.4 Å². The highest BCUT2D eigenvalue weighted by Gasteiger charge is 2.33. The van der Waals surface area contributed by atoms with Crippen molar-refractivity contribution in [2.24, 2.45) is 0 Å². The van der Waals surface area contributed by atoms with Crippen molar-refractivity contribution in [2.75, 3.05) is 39.8 Å². The van der Waals surface area contributed by atoms with Gasteiger partial charge in [0.2, 0.25) is 17.7 Å². The number of carbonyl (C=O) groups excluding carboxylic acids is 3. The predicted octanol–water partition coefficient (Wildman–Crippen LogP) is -1.84. The number of rotatable bonds is 3. The van der Waals surface area contributed by atoms with Gasteiger partial charge in [-0.05, 0) is 6.42 Å². The molecule has 2 heterocycles. The molecule has 0 bridgehead atoms. The maximum absolute atomic E-state index is 12.3. The van der Waals surface area contributed by atoms with Crippen LogP contribution in [0.1, 0.15) is 12.8 Å². The first-order valence-corrected chi connectivity index (χ1v) is 6.63. The molecule has 0 aromatic heterocycles. The number of amides is 3. The summed E-state index contributed by atoms with van der Waals surface area (Å²) in [6.07, 6.45) is 1.33. The molecule has 1 unspecified atom stereocenters. The van der Waals surface area contributed by atoms with Crippen molar-refractivity contribution in [3.63, 3.8) is 0 Å². The molecule has 7 nitrogen and oxygen atoms in total. The molecule has 0 aliphatic carbocycles. The van der Waals surface area contributed by atoms with E-state index in [0.29, 0.717) is 32.6 Å². The summed E-state index contributed by atoms with van der Waals surface area (Å²) in [6, 6.07) is -0.482. The standard InChI is InChI=1S/C12H20N4O3/c1-13-12(19)9-7-14-4-6-16(9)11(18)8-15-5-2-3-10(15)17/h9,14H,2-8H2,1H3,(H,13,19). The lowest BCUT2D eigenvalue weighted by Crippen LogP contribution is -2.60. The molecule has 7 heteroatoms. The minimum Gasteiger partial charge on any atom is -0.357 e. The van der Waals surface area contributed by atoms with Crippen LogP contribution in [0.3, 0.4) is 0 Å². The van der Waals surface area contributed by atoms with E-state index in [-0.39, 0.29) is 24.3 Å². The second kappa shape index (κ2) is 6.01. The first kappa shape index (κ1) is 13.8. The summed E-state index contributed by atoms with van der Waals surface area (Å²) >= 11 is 0. The third-order valence-electron chi connectivity index (χ3n) is 3.61. The molecule has 2 aliphatic heterocycles. The molecular weight excluding hydrogens is 248 g/mol. The highest BCUT2D eigenvalue weighted by atomic mass is 16.2. The van der Waals surface area contributed by atoms with Gasteiger partial charge in [0.05, 0.1) is 6.54 Å². The van der Waals surface area contributed by atoms with E-state index in [1.165, 1.54) is 0 Å². The van der Waals surface area contributed by atoms with Gasteiger partial charge in [0.15, 0.2) is 0 Å². The Balaban J connectivity index is 1.99. The molecular formula is C12H20N4O3. The van der Waals surface area contributed by atoms with Gasteiger partial charge < -0.3 is 20.4 Å². The van der Waals surface area contributed by atoms with E-state index in [9.17, 15) is 14.4 Å². The van der Waals surface area contributed by atoms with E-state index >= 15 is 0 Å². The fourth-order valence-corrected chi connectivity index (χ4v) is 2.53. The quantitative estimate of drug-likeness (QED) is 0.630. The molecule has 2 fully saturated rings. The molecule has 0 aromatic rings. The number of nitrogens with one attached hydrogen (secondary N) is 2. The zero-order valence-corrected chi connectivity index (χ0v) is 11.1. The number of likely N-dealkylation sites (N-methyl/N-ethyl adjacent to an activating group) is 1. The fourth-order valence-electron chi connectivity index (χ4n) is 2.53. The minimum absolute atomic E-state index is 0.0278. The Morgan fingerprint density at radius 3 is 2.84 bits per heavy atom. The summed E-state index contributed by atoms with van der Waals surface area (Å²) in [5, 5.41) is 5.67. The van der Waals surface area contributed by atoms with Gasteiger partial charge in [0, 0.05) is 39.6 Å². The van der Waals surface area contributed by atoms with E-state index in [1.54, 1.807) is 16.8 Å². The first-order valence-electron chi connectivity index (χ1n) is 6.63. The Hall–Kier alpha value is -1.63. The van der Waals surface area contributed by atoms with Crippen molar-refractivity contribution in [2.45, 2.75) is 18.9 Å². The van der Waals surface area contributed by atoms with Crippen molar-refractivity contribution in [3.05, 3.63) is 0 Å². The number of likely N-dealkylation sites (tertiary alicyclic amines) is 1. The number of hydrogen-bond acceptors (Lipinski definition) is 4. The normalized spacial score (nSPS) is 23.6. The van der Waals surface area contributed by atoms with Crippen molar-refractivity contribution < 1.29 is 14.4 Å². The van der Waals surface area contributed by atoms with Crippen LogP contribution in [0, 0.1) is 0 Å². The van der Waals surface area contributed by atoms with Gasteiger partial charge in [-0.2, -0.15) is 0 Å². The van der Waals surface area contributed by atoms with Gasteiger partial charge in [-0.3, -0.25) is 14.4 Å². The maximum Gasteiger partial charge on any atom is 0.243 e. The number of nitrogens with zero attached hydrogens (tertiary/aromatic N) is 2. The second-order valence-corrected chi connectivity index (χ2v) is 4.84. The van der Waals surface area contributed by atoms with Crippen LogP contribution in [0.5, 0.6) is 0 Å². The topological polar surface area (TPSA) is 81.8 Å². The Labute approximate surface area is 112 Å². The molecule has 0 saturated carbocycles. The highest BCUT2D eigenvalue weighted by Crippen LogP contribution is 2.11. The van der Waals surface area contributed by atoms with Gasteiger partial charge in [0.25, 0.3) is 0 Å². The Morgan fingerprint density at radius 1 is 1.42 bits per heavy atom. The molecule has 2 rings (SSSR count). The molecule has 0 radical (unpaired) electrons. The smallest absolute Gasteiger partial charge is 0.243 e. The molecule has 2 N–H and O–H groups in total. The number of hydrogen-bond donors (Lipinski definition) is 2. The van der Waals surface area contributed by atoms with Crippen LogP contribution >= 0.6 is 0 Å². The third kappa shape index (κ3) is 3.04. The summed E-state index contributed by atoms with van der Waals surface area (Å²) in [7, 11) is 1.56. The van der Waals surface area contributed by atoms with Crippen molar-refractivity contribution >= 4 is 17.7 Å². The van der Waals surface area contributed by atoms with Crippen LogP contribution in [0.15, 0.2) is 0 Å².